The van der Waals surface area contributed by atoms with Gasteiger partial charge in [-0.15, -0.1) is 0 Å². The van der Waals surface area contributed by atoms with Crippen LogP contribution in [0, 0.1) is 0 Å². The van der Waals surface area contributed by atoms with Gasteiger partial charge in [-0.2, -0.15) is 23.0 Å². The van der Waals surface area contributed by atoms with Crippen molar-refractivity contribution in [3.05, 3.63) is 70.9 Å². The van der Waals surface area contributed by atoms with Gasteiger partial charge in [-0.1, -0.05) is 56.1 Å². The lowest BCUT2D eigenvalue weighted by Gasteiger charge is -2.13. The molecule has 0 spiro atoms. The second kappa shape index (κ2) is 10.1. The topological polar surface area (TPSA) is 56.1 Å². The molecule has 32 heavy (non-hydrogen) atoms. The van der Waals surface area contributed by atoms with Gasteiger partial charge in [0.1, 0.15) is 0 Å². The molecule has 0 aliphatic carbocycles. The molecule has 5 nitrogen and oxygen atoms in total. The predicted octanol–water partition coefficient (Wildman–Crippen LogP) is 6.47. The third-order valence-corrected chi connectivity index (χ3v) is 5.18. The van der Waals surface area contributed by atoms with Crippen molar-refractivity contribution >= 4 is 23.2 Å². The van der Waals surface area contributed by atoms with E-state index in [1.165, 1.54) is 12.1 Å². The van der Waals surface area contributed by atoms with E-state index in [9.17, 15) is 18.0 Å². The van der Waals surface area contributed by atoms with Crippen LogP contribution < -0.4 is 10.1 Å². The number of anilines is 1. The first-order valence-corrected chi connectivity index (χ1v) is 10.5. The molecule has 170 valence electrons. The summed E-state index contributed by atoms with van der Waals surface area (Å²) in [4.78, 5) is 12.4. The maximum atomic E-state index is 13.2. The highest BCUT2D eigenvalue weighted by atomic mass is 35.5. The maximum absolute atomic E-state index is 13.2. The number of ether oxygens (including phenoxy) is 1. The molecule has 1 unspecified atom stereocenters. The molecule has 1 amide bonds. The molecule has 1 N–H and O–H groups in total. The third-order valence-electron chi connectivity index (χ3n) is 4.86. The van der Waals surface area contributed by atoms with Crippen LogP contribution in [0.1, 0.15) is 43.9 Å². The molecule has 3 rings (SSSR count). The van der Waals surface area contributed by atoms with Gasteiger partial charge in [-0.25, -0.2) is 0 Å². The summed E-state index contributed by atoms with van der Waals surface area (Å²) >= 11 is 6.11. The van der Waals surface area contributed by atoms with E-state index in [1.54, 1.807) is 18.2 Å². The molecular weight excluding hydrogens is 443 g/mol. The zero-order valence-electron chi connectivity index (χ0n) is 17.6. The fourth-order valence-corrected chi connectivity index (χ4v) is 3.48. The molecule has 0 aliphatic rings. The second-order valence-electron chi connectivity index (χ2n) is 7.38. The van der Waals surface area contributed by atoms with Crippen molar-refractivity contribution in [2.75, 3.05) is 11.9 Å². The van der Waals surface area contributed by atoms with Crippen LogP contribution in [0.25, 0.3) is 5.69 Å². The highest BCUT2D eigenvalue weighted by molar-refractivity contribution is 6.32. The Bertz CT molecular complexity index is 1080. The summed E-state index contributed by atoms with van der Waals surface area (Å²) in [5.74, 6) is -0.407. The molecule has 2 aromatic carbocycles. The van der Waals surface area contributed by atoms with Gasteiger partial charge < -0.3 is 10.1 Å². The van der Waals surface area contributed by atoms with Crippen molar-refractivity contribution in [1.82, 2.24) is 9.78 Å². The number of rotatable bonds is 8. The van der Waals surface area contributed by atoms with Gasteiger partial charge in [-0.3, -0.25) is 4.79 Å². The molecule has 9 heteroatoms. The lowest BCUT2D eigenvalue weighted by molar-refractivity contribution is -0.141. The standard InChI is InChI=1S/C23H23ClF3N3O2/c1-3-7-15(2)16-8-6-9-17(12-16)28-21(31)14-32-22-13-20(23(25,26)27)29-30(22)19-11-5-4-10-18(19)24/h4-6,8-13,15H,3,7,14H2,1-2H3,(H,28,31). The van der Waals surface area contributed by atoms with Crippen molar-refractivity contribution < 1.29 is 22.7 Å². The summed E-state index contributed by atoms with van der Waals surface area (Å²) < 4.78 is 45.9. The van der Waals surface area contributed by atoms with Gasteiger partial charge >= 0.3 is 6.18 Å². The lowest BCUT2D eigenvalue weighted by atomic mass is 9.96. The van der Waals surface area contributed by atoms with Crippen molar-refractivity contribution in [3.8, 4) is 11.6 Å². The van der Waals surface area contributed by atoms with Gasteiger partial charge in [0.05, 0.1) is 10.7 Å². The maximum Gasteiger partial charge on any atom is 0.435 e. The Hall–Kier alpha value is -3.00. The summed E-state index contributed by atoms with van der Waals surface area (Å²) in [6, 6.07) is 14.5. The average molecular weight is 466 g/mol. The molecule has 0 saturated carbocycles. The Morgan fingerprint density at radius 3 is 2.62 bits per heavy atom. The minimum atomic E-state index is -4.68. The van der Waals surface area contributed by atoms with Gasteiger partial charge in [0.2, 0.25) is 5.88 Å². The Morgan fingerprint density at radius 1 is 1.19 bits per heavy atom. The zero-order chi connectivity index (χ0) is 23.3. The fraction of sp³-hybridized carbons (Fsp3) is 0.304. The van der Waals surface area contributed by atoms with Crippen LogP contribution in [-0.4, -0.2) is 22.3 Å². The van der Waals surface area contributed by atoms with Gasteiger partial charge in [0, 0.05) is 11.8 Å². The number of nitrogens with one attached hydrogen (secondary N) is 1. The molecule has 0 radical (unpaired) electrons. The van der Waals surface area contributed by atoms with Crippen molar-refractivity contribution in [2.24, 2.45) is 0 Å². The van der Waals surface area contributed by atoms with Crippen LogP contribution in [0.5, 0.6) is 5.88 Å². The number of alkyl halides is 3. The first-order chi connectivity index (χ1) is 15.2. The first-order valence-electron chi connectivity index (χ1n) is 10.1. The quantitative estimate of drug-likeness (QED) is 0.415. The molecule has 1 atom stereocenters. The number of carbonyl (C=O) groups excluding carboxylic acids is 1. The molecule has 3 aromatic rings. The van der Waals surface area contributed by atoms with Crippen LogP contribution in [0.15, 0.2) is 54.6 Å². The molecule has 0 bridgehead atoms. The molecule has 0 saturated heterocycles. The first kappa shape index (κ1) is 23.7. The van der Waals surface area contributed by atoms with E-state index >= 15 is 0 Å². The van der Waals surface area contributed by atoms with E-state index in [0.717, 1.165) is 29.2 Å². The minimum absolute atomic E-state index is 0.191. The van der Waals surface area contributed by atoms with Crippen LogP contribution in [0.4, 0.5) is 18.9 Å². The van der Waals surface area contributed by atoms with Crippen LogP contribution in [-0.2, 0) is 11.0 Å². The monoisotopic (exact) mass is 465 g/mol. The number of para-hydroxylation sites is 1. The summed E-state index contributed by atoms with van der Waals surface area (Å²) in [6.07, 6.45) is -2.61. The summed E-state index contributed by atoms with van der Waals surface area (Å²) in [5, 5.41) is 6.48. The molecule has 1 heterocycles. The van der Waals surface area contributed by atoms with Crippen molar-refractivity contribution in [3.63, 3.8) is 0 Å². The zero-order valence-corrected chi connectivity index (χ0v) is 18.4. The fourth-order valence-electron chi connectivity index (χ4n) is 3.26. The largest absolute Gasteiger partial charge is 0.467 e. The van der Waals surface area contributed by atoms with E-state index < -0.39 is 24.4 Å². The van der Waals surface area contributed by atoms with E-state index in [1.807, 2.05) is 18.2 Å². The number of nitrogens with zero attached hydrogens (tertiary/aromatic N) is 2. The lowest BCUT2D eigenvalue weighted by Crippen LogP contribution is -2.21. The van der Waals surface area contributed by atoms with Crippen molar-refractivity contribution in [2.45, 2.75) is 38.8 Å². The second-order valence-corrected chi connectivity index (χ2v) is 7.79. The number of amides is 1. The van der Waals surface area contributed by atoms with Gasteiger partial charge in [-0.05, 0) is 42.2 Å². The highest BCUT2D eigenvalue weighted by Gasteiger charge is 2.36. The number of benzene rings is 2. The van der Waals surface area contributed by atoms with E-state index in [-0.39, 0.29) is 16.6 Å². The SMILES string of the molecule is CCCC(C)c1cccc(NC(=O)COc2cc(C(F)(F)F)nn2-c2ccccc2Cl)c1. The summed E-state index contributed by atoms with van der Waals surface area (Å²) in [7, 11) is 0. The summed E-state index contributed by atoms with van der Waals surface area (Å²) in [5.41, 5.74) is 0.745. The number of hydrogen-bond acceptors (Lipinski definition) is 3. The average Bonchev–Trinajstić information content (AvgIpc) is 3.17. The normalized spacial score (nSPS) is 12.4. The van der Waals surface area contributed by atoms with Gasteiger partial charge in [0.25, 0.3) is 5.91 Å². The van der Waals surface area contributed by atoms with Crippen LogP contribution >= 0.6 is 11.6 Å². The van der Waals surface area contributed by atoms with Gasteiger partial charge in [0.15, 0.2) is 12.3 Å². The predicted molar refractivity (Wildman–Crippen MR) is 117 cm³/mol. The van der Waals surface area contributed by atoms with E-state index in [4.69, 9.17) is 16.3 Å². The molecule has 1 aromatic heterocycles. The Kier molecular flexibility index (Phi) is 7.45. The number of halogens is 4. The summed E-state index contributed by atoms with van der Waals surface area (Å²) in [6.45, 7) is 3.72. The Labute approximate surface area is 189 Å². The van der Waals surface area contributed by atoms with Crippen molar-refractivity contribution in [1.29, 1.82) is 0 Å². The number of aromatic nitrogens is 2. The molecular formula is C23H23ClF3N3O2. The highest BCUT2D eigenvalue weighted by Crippen LogP contribution is 2.33. The molecule has 0 aliphatic heterocycles. The number of hydrogen-bond donors (Lipinski definition) is 1. The minimum Gasteiger partial charge on any atom is -0.467 e. The smallest absolute Gasteiger partial charge is 0.435 e. The van der Waals surface area contributed by atoms with Crippen LogP contribution in [0.3, 0.4) is 0 Å². The molecule has 0 fully saturated rings. The number of carbonyl (C=O) groups is 1. The van der Waals surface area contributed by atoms with Crippen LogP contribution in [0.2, 0.25) is 5.02 Å². The Balaban J connectivity index is 1.75. The third kappa shape index (κ3) is 5.82. The van der Waals surface area contributed by atoms with E-state index in [0.29, 0.717) is 11.6 Å². The van der Waals surface area contributed by atoms with E-state index in [2.05, 4.69) is 24.3 Å². The Morgan fingerprint density at radius 2 is 1.94 bits per heavy atom.